The van der Waals surface area contributed by atoms with Crippen molar-refractivity contribution in [2.45, 2.75) is 77.0 Å². The SMILES string of the molecule is CC1(C)c2cc(-c3ccc(-c4cccnc4)nc3)ccc2-c2c1cc1ccc3c4c(cc5ccc2c1c53)C(C)(C)c1cc(-c2ccc3c(c2)c2ccccc2n3-c2ccccc2)ccc1-4.CC1(C)c2cc(-c3cccnc3)ccc2-c2c1cc1ccc3c4c(cc5ccc2c1c53)C(C)(C)c1cc(-c2ccc3c(c2)c2ccccc2n3-c2ccccc2)ccc1-4. The second-order valence-electron chi connectivity index (χ2n) is 37.3. The zero-order valence-electron chi connectivity index (χ0n) is 70.3. The number of fused-ring (bicyclic) bond motifs is 22. The lowest BCUT2D eigenvalue weighted by Crippen LogP contribution is -2.15. The van der Waals surface area contributed by atoms with Crippen LogP contribution in [-0.4, -0.2) is 24.1 Å². The molecule has 23 aromatic rings. The molecule has 0 radical (unpaired) electrons. The first-order chi connectivity index (χ1) is 60.5. The Hall–Kier alpha value is -14.9. The van der Waals surface area contributed by atoms with Gasteiger partial charge in [-0.1, -0.05) is 250 Å². The summed E-state index contributed by atoms with van der Waals surface area (Å²) in [5.74, 6) is 0. The summed E-state index contributed by atoms with van der Waals surface area (Å²) in [6.07, 6.45) is 9.48. The number of rotatable bonds is 7. The van der Waals surface area contributed by atoms with Crippen LogP contribution in [0.3, 0.4) is 0 Å². The highest BCUT2D eigenvalue weighted by molar-refractivity contribution is 6.31. The molecule has 4 aliphatic rings. The fourth-order valence-corrected chi connectivity index (χ4v) is 23.2. The summed E-state index contributed by atoms with van der Waals surface area (Å²) in [5.41, 5.74) is 40.4. The van der Waals surface area contributed by atoms with Gasteiger partial charge >= 0.3 is 0 Å². The molecule has 0 spiro atoms. The van der Waals surface area contributed by atoms with Crippen LogP contribution in [0.15, 0.2) is 359 Å². The Balaban J connectivity index is 0.000000133. The van der Waals surface area contributed by atoms with Crippen LogP contribution in [0.2, 0.25) is 0 Å². The Morgan fingerprint density at radius 3 is 0.863 bits per heavy atom. The van der Waals surface area contributed by atoms with Gasteiger partial charge < -0.3 is 9.13 Å². The van der Waals surface area contributed by atoms with Crippen molar-refractivity contribution in [1.82, 2.24) is 24.1 Å². The average molecular weight is 1580 g/mol. The molecule has 0 atom stereocenters. The Morgan fingerprint density at radius 2 is 0.516 bits per heavy atom. The molecule has 0 bridgehead atoms. The number of hydrogen-bond donors (Lipinski definition) is 0. The van der Waals surface area contributed by atoms with Crippen LogP contribution in [-0.2, 0) is 21.7 Å². The van der Waals surface area contributed by atoms with E-state index >= 15 is 0 Å². The Kier molecular flexibility index (Phi) is 14.5. The van der Waals surface area contributed by atoms with Crippen molar-refractivity contribution < 1.29 is 0 Å². The predicted octanol–water partition coefficient (Wildman–Crippen LogP) is 31.1. The summed E-state index contributed by atoms with van der Waals surface area (Å²) < 4.78 is 4.78. The minimum Gasteiger partial charge on any atom is -0.309 e. The lowest BCUT2D eigenvalue weighted by atomic mass is 9.79. The van der Waals surface area contributed by atoms with Crippen LogP contribution in [0, 0.1) is 0 Å². The summed E-state index contributed by atoms with van der Waals surface area (Å²) in [6, 6.07) is 123. The molecule has 0 saturated carbocycles. The van der Waals surface area contributed by atoms with Crippen molar-refractivity contribution in [1.29, 1.82) is 0 Å². The van der Waals surface area contributed by atoms with Gasteiger partial charge in [0.05, 0.1) is 27.8 Å². The van der Waals surface area contributed by atoms with Crippen LogP contribution in [0.1, 0.15) is 99.9 Å². The van der Waals surface area contributed by atoms with E-state index < -0.39 is 0 Å². The zero-order chi connectivity index (χ0) is 82.7. The van der Waals surface area contributed by atoms with Gasteiger partial charge in [-0.3, -0.25) is 15.0 Å². The topological polar surface area (TPSA) is 48.5 Å². The quantitative estimate of drug-likeness (QED) is 0.149. The second-order valence-corrected chi connectivity index (χ2v) is 37.3. The van der Waals surface area contributed by atoms with E-state index in [-0.39, 0.29) is 21.7 Å². The van der Waals surface area contributed by atoms with Gasteiger partial charge in [0.25, 0.3) is 0 Å². The van der Waals surface area contributed by atoms with Gasteiger partial charge in [-0.25, -0.2) is 0 Å². The van der Waals surface area contributed by atoms with Crippen molar-refractivity contribution >= 4 is 108 Å². The minimum absolute atomic E-state index is 0.126. The number of hydrogen-bond acceptors (Lipinski definition) is 3. The Labute approximate surface area is 719 Å². The van der Waals surface area contributed by atoms with Crippen LogP contribution < -0.4 is 0 Å². The first-order valence-corrected chi connectivity index (χ1v) is 43.7. The number of benzene rings is 18. The van der Waals surface area contributed by atoms with Gasteiger partial charge in [0.15, 0.2) is 0 Å². The Morgan fingerprint density at radius 1 is 0.210 bits per heavy atom. The third kappa shape index (κ3) is 9.78. The standard InChI is InChI=1S/C62H43N3.C57H40N2/c1-61(2)50-30-37(36-21-27-56-49(29-36)44-14-8-9-15-55(44)65(56)43-12-6-5-7-13-43)16-22-45(50)59-47-24-18-40-33-53-60(48-25-19-39(32-52(59)61)57(47)58(40)48)46-23-17-38(31-51(46)62(53,3)4)41-20-26-54(64-35-41)42-11-10-28-63-34-42;1-56(2)46-28-34(33-20-25-51-45(27-33)40-14-8-9-15-50(40)59(51)39-12-6-5-7-13-39)16-21-41(46)54-43-23-18-37-31-49-55(44-24-19-36(30-48(54)56)52(43)53(37)44)42-22-17-35(29-47(42)57(49,3)4)38-11-10-26-58-32-38/h5-35H,1-4H3;5-32H,1-4H3. The molecule has 4 aliphatic carbocycles. The maximum absolute atomic E-state index is 4.84. The molecule has 0 aliphatic heterocycles. The molecular weight excluding hydrogens is 1500 g/mol. The summed E-state index contributed by atoms with van der Waals surface area (Å²) in [7, 11) is 0. The summed E-state index contributed by atoms with van der Waals surface area (Å²) in [4.78, 5) is 13.5. The molecule has 5 aromatic heterocycles. The largest absolute Gasteiger partial charge is 0.309 e. The first kappa shape index (κ1) is 70.9. The smallest absolute Gasteiger partial charge is 0.0717 e. The summed E-state index contributed by atoms with van der Waals surface area (Å²) >= 11 is 0. The van der Waals surface area contributed by atoms with Crippen molar-refractivity contribution in [3.63, 3.8) is 0 Å². The fourth-order valence-electron chi connectivity index (χ4n) is 23.2. The van der Waals surface area contributed by atoms with E-state index in [1.807, 2.05) is 36.9 Å². The van der Waals surface area contributed by atoms with Crippen LogP contribution in [0.4, 0.5) is 0 Å². The van der Waals surface area contributed by atoms with E-state index in [4.69, 9.17) is 4.98 Å². The van der Waals surface area contributed by atoms with Crippen LogP contribution >= 0.6 is 0 Å². The van der Waals surface area contributed by atoms with Crippen molar-refractivity contribution in [2.24, 2.45) is 0 Å². The third-order valence-corrected chi connectivity index (χ3v) is 29.4. The first-order valence-electron chi connectivity index (χ1n) is 43.7. The molecule has 27 rings (SSSR count). The monoisotopic (exact) mass is 1580 g/mol. The lowest BCUT2D eigenvalue weighted by Gasteiger charge is -2.24. The molecule has 584 valence electrons. The van der Waals surface area contributed by atoms with E-state index in [2.05, 4.69) is 390 Å². The highest BCUT2D eigenvalue weighted by Crippen LogP contribution is 2.61. The second kappa shape index (κ2) is 25.4. The van der Waals surface area contributed by atoms with E-state index in [1.54, 1.807) is 6.20 Å². The maximum Gasteiger partial charge on any atom is 0.0717 e. The molecule has 0 N–H and O–H groups in total. The molecule has 5 heteroatoms. The van der Waals surface area contributed by atoms with Gasteiger partial charge in [0, 0.05) is 96.7 Å². The van der Waals surface area contributed by atoms with Crippen LogP contribution in [0.5, 0.6) is 0 Å². The third-order valence-electron chi connectivity index (χ3n) is 29.4. The maximum atomic E-state index is 4.84. The molecule has 18 aromatic carbocycles. The molecule has 0 amide bonds. The molecule has 5 heterocycles. The van der Waals surface area contributed by atoms with Gasteiger partial charge in [-0.05, 0) is 326 Å². The number of aromatic nitrogens is 5. The molecule has 5 nitrogen and oxygen atoms in total. The van der Waals surface area contributed by atoms with Crippen molar-refractivity contribution in [3.05, 3.63) is 403 Å². The Bertz CT molecular complexity index is 8550. The van der Waals surface area contributed by atoms with E-state index in [0.29, 0.717) is 0 Å². The highest BCUT2D eigenvalue weighted by Gasteiger charge is 2.43. The molecule has 0 unspecified atom stereocenters. The van der Waals surface area contributed by atoms with E-state index in [1.165, 1.54) is 242 Å². The highest BCUT2D eigenvalue weighted by atomic mass is 15.0. The molecular formula is C119H83N5. The molecule has 0 saturated heterocycles. The van der Waals surface area contributed by atoms with Gasteiger partial charge in [-0.2, -0.15) is 0 Å². The van der Waals surface area contributed by atoms with Crippen molar-refractivity contribution in [2.75, 3.05) is 0 Å². The fraction of sp³-hybridized carbons (Fsp3) is 0.101. The number of para-hydroxylation sites is 4. The van der Waals surface area contributed by atoms with E-state index in [9.17, 15) is 0 Å². The van der Waals surface area contributed by atoms with Gasteiger partial charge in [-0.15, -0.1) is 0 Å². The lowest BCUT2D eigenvalue weighted by molar-refractivity contribution is 0.661. The summed E-state index contributed by atoms with van der Waals surface area (Å²) in [6.45, 7) is 19.2. The van der Waals surface area contributed by atoms with Gasteiger partial charge in [0.1, 0.15) is 0 Å². The van der Waals surface area contributed by atoms with Crippen molar-refractivity contribution in [3.8, 4) is 112 Å². The summed E-state index contributed by atoms with van der Waals surface area (Å²) in [5, 5.41) is 21.3. The number of nitrogens with zero attached hydrogens (tertiary/aromatic N) is 5. The number of pyridine rings is 3. The predicted molar refractivity (Wildman–Crippen MR) is 520 cm³/mol. The van der Waals surface area contributed by atoms with Crippen LogP contribution in [0.25, 0.3) is 220 Å². The minimum atomic E-state index is -0.172. The molecule has 124 heavy (non-hydrogen) atoms. The zero-order valence-corrected chi connectivity index (χ0v) is 70.3. The van der Waals surface area contributed by atoms with Gasteiger partial charge in [0.2, 0.25) is 0 Å². The molecule has 0 fully saturated rings. The average Bonchev–Trinajstić information content (AvgIpc) is 1.51. The normalized spacial score (nSPS) is 14.5. The van der Waals surface area contributed by atoms with E-state index in [0.717, 1.165) is 22.4 Å².